The molecule has 0 saturated heterocycles. The summed E-state index contributed by atoms with van der Waals surface area (Å²) in [5, 5.41) is 4.05. The van der Waals surface area contributed by atoms with Crippen molar-refractivity contribution in [3.05, 3.63) is 30.1 Å². The molecule has 0 atom stereocenters. The fraction of sp³-hybridized carbons (Fsp3) is 0.500. The first-order chi connectivity index (χ1) is 8.34. The first-order valence-electron chi connectivity index (χ1n) is 5.54. The van der Waals surface area contributed by atoms with Crippen LogP contribution < -0.4 is 0 Å². The van der Waals surface area contributed by atoms with Gasteiger partial charge in [-0.15, -0.1) is 0 Å². The van der Waals surface area contributed by atoms with E-state index in [9.17, 15) is 13.6 Å². The summed E-state index contributed by atoms with van der Waals surface area (Å²) < 4.78 is 30.0. The van der Waals surface area contributed by atoms with Crippen LogP contribution in [0.4, 0.5) is 8.78 Å². The maximum absolute atomic E-state index is 11.8. The van der Waals surface area contributed by atoms with E-state index in [0.717, 1.165) is 11.6 Å². The van der Waals surface area contributed by atoms with Crippen molar-refractivity contribution < 1.29 is 18.3 Å². The maximum atomic E-state index is 11.8. The molecule has 0 aliphatic rings. The Morgan fingerprint density at radius 2 is 2.22 bits per heavy atom. The van der Waals surface area contributed by atoms with Crippen LogP contribution >= 0.6 is 0 Å². The number of ether oxygens (including phenoxy) is 1. The molecule has 0 aliphatic heterocycles. The van der Waals surface area contributed by atoms with Gasteiger partial charge in [0.15, 0.2) is 5.54 Å². The molecule has 0 bridgehead atoms. The number of halogens is 2. The Labute approximate surface area is 104 Å². The Hall–Kier alpha value is -1.72. The smallest absolute Gasteiger partial charge is 0.333 e. The zero-order valence-electron chi connectivity index (χ0n) is 10.6. The number of carbonyl (C=O) groups excluding carboxylic acids is 1. The van der Waals surface area contributed by atoms with Crippen LogP contribution in [-0.4, -0.2) is 22.4 Å². The van der Waals surface area contributed by atoms with Gasteiger partial charge in [-0.05, 0) is 32.4 Å². The highest BCUT2D eigenvalue weighted by Gasteiger charge is 2.32. The van der Waals surface area contributed by atoms with Gasteiger partial charge in [0.1, 0.15) is 0 Å². The fourth-order valence-corrected chi connectivity index (χ4v) is 1.31. The second kappa shape index (κ2) is 5.75. The summed E-state index contributed by atoms with van der Waals surface area (Å²) in [6.07, 6.45) is 2.31. The van der Waals surface area contributed by atoms with E-state index in [0.29, 0.717) is 0 Å². The highest BCUT2D eigenvalue weighted by molar-refractivity contribution is 5.77. The lowest BCUT2D eigenvalue weighted by Gasteiger charge is -2.22. The van der Waals surface area contributed by atoms with Crippen molar-refractivity contribution >= 4 is 5.97 Å². The van der Waals surface area contributed by atoms with E-state index in [1.807, 2.05) is 6.92 Å². The van der Waals surface area contributed by atoms with Crippen LogP contribution in [0.5, 0.6) is 0 Å². The standard InChI is InChI=1S/C12H16F2N2O2/c1-9-7-15-16(8-9)12(2,3)11(17)18-6-4-5-10(13)14/h5,7-8H,4,6H2,1-3H3. The Balaban J connectivity index is 2.57. The van der Waals surface area contributed by atoms with Gasteiger partial charge in [-0.1, -0.05) is 0 Å². The average Bonchev–Trinajstić information content (AvgIpc) is 2.71. The molecule has 6 heteroatoms. The highest BCUT2D eigenvalue weighted by atomic mass is 19.3. The van der Waals surface area contributed by atoms with Crippen molar-refractivity contribution in [3.63, 3.8) is 0 Å². The van der Waals surface area contributed by atoms with Crippen molar-refractivity contribution in [2.45, 2.75) is 32.7 Å². The number of hydrogen-bond acceptors (Lipinski definition) is 3. The molecule has 1 heterocycles. The molecule has 0 saturated carbocycles. The minimum absolute atomic E-state index is 0.00227. The molecule has 0 fully saturated rings. The molecular formula is C12H16F2N2O2. The van der Waals surface area contributed by atoms with Crippen LogP contribution in [0.15, 0.2) is 24.6 Å². The van der Waals surface area contributed by atoms with Crippen molar-refractivity contribution in [2.24, 2.45) is 0 Å². The minimum Gasteiger partial charge on any atom is -0.464 e. The van der Waals surface area contributed by atoms with Crippen molar-refractivity contribution in [1.82, 2.24) is 9.78 Å². The molecule has 0 amide bonds. The van der Waals surface area contributed by atoms with Crippen LogP contribution in [0.25, 0.3) is 0 Å². The summed E-state index contributed by atoms with van der Waals surface area (Å²) in [6, 6.07) is 0. The molecule has 0 N–H and O–H groups in total. The molecule has 1 rings (SSSR count). The summed E-state index contributed by atoms with van der Waals surface area (Å²) in [6.45, 7) is 5.11. The number of nitrogens with zero attached hydrogens (tertiary/aromatic N) is 2. The van der Waals surface area contributed by atoms with Gasteiger partial charge in [-0.3, -0.25) is 4.68 Å². The van der Waals surface area contributed by atoms with Gasteiger partial charge in [0.05, 0.1) is 12.8 Å². The predicted molar refractivity (Wildman–Crippen MR) is 62.2 cm³/mol. The van der Waals surface area contributed by atoms with Gasteiger partial charge in [0, 0.05) is 12.6 Å². The molecule has 0 aromatic carbocycles. The van der Waals surface area contributed by atoms with Crippen molar-refractivity contribution in [2.75, 3.05) is 6.61 Å². The van der Waals surface area contributed by atoms with Gasteiger partial charge in [-0.25, -0.2) is 4.79 Å². The molecule has 4 nitrogen and oxygen atoms in total. The summed E-state index contributed by atoms with van der Waals surface area (Å²) in [7, 11) is 0. The molecule has 0 spiro atoms. The number of aromatic nitrogens is 2. The second-order valence-corrected chi connectivity index (χ2v) is 4.44. The Morgan fingerprint density at radius 1 is 1.56 bits per heavy atom. The molecule has 100 valence electrons. The molecule has 0 unspecified atom stereocenters. The van der Waals surface area contributed by atoms with Crippen LogP contribution in [-0.2, 0) is 15.1 Å². The zero-order valence-corrected chi connectivity index (χ0v) is 10.6. The van der Waals surface area contributed by atoms with Gasteiger partial charge in [0.25, 0.3) is 6.08 Å². The zero-order chi connectivity index (χ0) is 13.8. The largest absolute Gasteiger partial charge is 0.464 e. The molecule has 18 heavy (non-hydrogen) atoms. The van der Waals surface area contributed by atoms with E-state index < -0.39 is 17.6 Å². The SMILES string of the molecule is Cc1cnn(C(C)(C)C(=O)OCCC=C(F)F)c1. The lowest BCUT2D eigenvalue weighted by Crippen LogP contribution is -2.38. The number of esters is 1. The average molecular weight is 258 g/mol. The lowest BCUT2D eigenvalue weighted by atomic mass is 10.1. The normalized spacial score (nSPS) is 11.2. The topological polar surface area (TPSA) is 44.1 Å². The number of aryl methyl sites for hydroxylation is 1. The van der Waals surface area contributed by atoms with Gasteiger partial charge < -0.3 is 4.74 Å². The monoisotopic (exact) mass is 258 g/mol. The van der Waals surface area contributed by atoms with Crippen molar-refractivity contribution in [1.29, 1.82) is 0 Å². The molecular weight excluding hydrogens is 242 g/mol. The van der Waals surface area contributed by atoms with Crippen LogP contribution in [0.3, 0.4) is 0 Å². The second-order valence-electron chi connectivity index (χ2n) is 4.44. The first-order valence-corrected chi connectivity index (χ1v) is 5.54. The molecule has 0 aliphatic carbocycles. The van der Waals surface area contributed by atoms with E-state index in [4.69, 9.17) is 4.74 Å². The van der Waals surface area contributed by atoms with Crippen LogP contribution in [0.1, 0.15) is 25.8 Å². The molecule has 1 aromatic heterocycles. The summed E-state index contributed by atoms with van der Waals surface area (Å²) in [5.41, 5.74) is -0.0232. The van der Waals surface area contributed by atoms with Gasteiger partial charge in [0.2, 0.25) is 0 Å². The lowest BCUT2D eigenvalue weighted by molar-refractivity contribution is -0.153. The Kier molecular flexibility index (Phi) is 4.58. The fourth-order valence-electron chi connectivity index (χ4n) is 1.31. The molecule has 1 aromatic rings. The number of hydrogen-bond donors (Lipinski definition) is 0. The third kappa shape index (κ3) is 3.65. The van der Waals surface area contributed by atoms with E-state index in [1.54, 1.807) is 26.2 Å². The summed E-state index contributed by atoms with van der Waals surface area (Å²) in [4.78, 5) is 11.8. The van der Waals surface area contributed by atoms with E-state index in [-0.39, 0.29) is 13.0 Å². The quantitative estimate of drug-likeness (QED) is 0.602. The minimum atomic E-state index is -1.77. The Bertz CT molecular complexity index is 449. The van der Waals surface area contributed by atoms with Crippen LogP contribution in [0.2, 0.25) is 0 Å². The third-order valence-electron chi connectivity index (χ3n) is 2.43. The highest BCUT2D eigenvalue weighted by Crippen LogP contribution is 2.17. The van der Waals surface area contributed by atoms with Crippen molar-refractivity contribution in [3.8, 4) is 0 Å². The number of carbonyl (C=O) groups is 1. The number of rotatable bonds is 5. The maximum Gasteiger partial charge on any atom is 0.333 e. The molecule has 0 radical (unpaired) electrons. The summed E-state index contributed by atoms with van der Waals surface area (Å²) >= 11 is 0. The van der Waals surface area contributed by atoms with E-state index in [2.05, 4.69) is 5.10 Å². The van der Waals surface area contributed by atoms with Gasteiger partial charge in [-0.2, -0.15) is 13.9 Å². The first kappa shape index (κ1) is 14.3. The van der Waals surface area contributed by atoms with E-state index >= 15 is 0 Å². The van der Waals surface area contributed by atoms with Crippen LogP contribution in [0, 0.1) is 6.92 Å². The predicted octanol–water partition coefficient (Wildman–Crippen LogP) is 2.64. The third-order valence-corrected chi connectivity index (χ3v) is 2.43. The van der Waals surface area contributed by atoms with Gasteiger partial charge >= 0.3 is 5.97 Å². The Morgan fingerprint density at radius 3 is 2.72 bits per heavy atom. The summed E-state index contributed by atoms with van der Waals surface area (Å²) in [5.74, 6) is -0.502. The van der Waals surface area contributed by atoms with E-state index in [1.165, 1.54) is 4.68 Å².